The van der Waals surface area contributed by atoms with Crippen LogP contribution in [0.3, 0.4) is 0 Å². The lowest BCUT2D eigenvalue weighted by atomic mass is 10.1. The number of nitrogens with zero attached hydrogens (tertiary/aromatic N) is 2. The molecule has 0 aromatic heterocycles. The lowest BCUT2D eigenvalue weighted by molar-refractivity contribution is 0.232. The van der Waals surface area contributed by atoms with Gasteiger partial charge >= 0.3 is 0 Å². The maximum Gasteiger partial charge on any atom is 0.0938 e. The molecule has 0 aromatic rings. The summed E-state index contributed by atoms with van der Waals surface area (Å²) in [5.74, 6) is 0.585. The summed E-state index contributed by atoms with van der Waals surface area (Å²) in [5.41, 5.74) is 1.45. The lowest BCUT2D eigenvalue weighted by Gasteiger charge is -2.35. The van der Waals surface area contributed by atoms with E-state index in [9.17, 15) is 0 Å². The molecule has 0 amide bonds. The zero-order valence-electron chi connectivity index (χ0n) is 10.0. The van der Waals surface area contributed by atoms with Crippen molar-refractivity contribution in [3.63, 3.8) is 0 Å². The quantitative estimate of drug-likeness (QED) is 0.675. The highest BCUT2D eigenvalue weighted by atomic mass is 15.2. The van der Waals surface area contributed by atoms with Crippen LogP contribution in [0.2, 0.25) is 0 Å². The summed E-state index contributed by atoms with van der Waals surface area (Å²) in [7, 11) is 0. The van der Waals surface area contributed by atoms with Crippen molar-refractivity contribution in [2.75, 3.05) is 0 Å². The minimum Gasteiger partial charge on any atom is -0.363 e. The van der Waals surface area contributed by atoms with Crippen LogP contribution in [0.25, 0.3) is 0 Å². The monoisotopic (exact) mass is 204 g/mol. The predicted octanol–water partition coefficient (Wildman–Crippen LogP) is 2.63. The molecule has 2 heteroatoms. The van der Waals surface area contributed by atoms with E-state index in [-0.39, 0.29) is 0 Å². The number of allylic oxidation sites excluding steroid dienone is 2. The van der Waals surface area contributed by atoms with E-state index in [4.69, 9.17) is 0 Å². The summed E-state index contributed by atoms with van der Waals surface area (Å²) in [4.78, 5) is 7.03. The fourth-order valence-electron chi connectivity index (χ4n) is 2.48. The Labute approximate surface area is 92.4 Å². The second-order valence-corrected chi connectivity index (χ2v) is 4.91. The Morgan fingerprint density at radius 1 is 1.27 bits per heavy atom. The van der Waals surface area contributed by atoms with Crippen LogP contribution in [-0.4, -0.2) is 29.2 Å². The molecule has 15 heavy (non-hydrogen) atoms. The van der Waals surface area contributed by atoms with Gasteiger partial charge in [-0.3, -0.25) is 4.99 Å². The van der Waals surface area contributed by atoms with E-state index in [0.717, 1.165) is 0 Å². The SMILES string of the molecule is CC(C)C1=CC2N=CC=CC2N1C(C)C. The Hall–Kier alpha value is -1.05. The number of rotatable bonds is 2. The van der Waals surface area contributed by atoms with Gasteiger partial charge in [0.1, 0.15) is 0 Å². The molecule has 82 valence electrons. The van der Waals surface area contributed by atoms with E-state index in [1.807, 2.05) is 6.21 Å². The van der Waals surface area contributed by atoms with Gasteiger partial charge in [-0.25, -0.2) is 0 Å². The molecule has 2 atom stereocenters. The number of hydrogen-bond donors (Lipinski definition) is 0. The van der Waals surface area contributed by atoms with E-state index >= 15 is 0 Å². The van der Waals surface area contributed by atoms with Gasteiger partial charge in [-0.05, 0) is 31.9 Å². The average molecular weight is 204 g/mol. The van der Waals surface area contributed by atoms with Crippen molar-refractivity contribution in [2.45, 2.75) is 45.8 Å². The third-order valence-corrected chi connectivity index (χ3v) is 3.11. The van der Waals surface area contributed by atoms with Gasteiger partial charge < -0.3 is 4.90 Å². The summed E-state index contributed by atoms with van der Waals surface area (Å²) in [6.07, 6.45) is 8.58. The second-order valence-electron chi connectivity index (χ2n) is 4.91. The molecule has 2 unspecified atom stereocenters. The Bertz CT molecular complexity index is 323. The van der Waals surface area contributed by atoms with Crippen molar-refractivity contribution in [3.8, 4) is 0 Å². The Morgan fingerprint density at radius 2 is 2.00 bits per heavy atom. The van der Waals surface area contributed by atoms with Crippen molar-refractivity contribution < 1.29 is 0 Å². The highest BCUT2D eigenvalue weighted by molar-refractivity contribution is 5.73. The first-order chi connectivity index (χ1) is 7.11. The van der Waals surface area contributed by atoms with E-state index in [0.29, 0.717) is 24.0 Å². The van der Waals surface area contributed by atoms with Crippen LogP contribution in [0.1, 0.15) is 27.7 Å². The topological polar surface area (TPSA) is 15.6 Å². The first-order valence-electron chi connectivity index (χ1n) is 5.81. The van der Waals surface area contributed by atoms with Crippen molar-refractivity contribution in [1.82, 2.24) is 4.90 Å². The normalized spacial score (nSPS) is 28.9. The fourth-order valence-corrected chi connectivity index (χ4v) is 2.48. The molecule has 0 aromatic carbocycles. The van der Waals surface area contributed by atoms with Gasteiger partial charge in [0.25, 0.3) is 0 Å². The summed E-state index contributed by atoms with van der Waals surface area (Å²) in [5, 5.41) is 0. The average Bonchev–Trinajstić information content (AvgIpc) is 2.56. The van der Waals surface area contributed by atoms with Crippen LogP contribution in [0.15, 0.2) is 28.9 Å². The zero-order valence-corrected chi connectivity index (χ0v) is 10.0. The summed E-state index contributed by atoms with van der Waals surface area (Å²) in [6, 6.07) is 1.34. The van der Waals surface area contributed by atoms with Crippen LogP contribution in [0, 0.1) is 5.92 Å². The van der Waals surface area contributed by atoms with Gasteiger partial charge in [-0.2, -0.15) is 0 Å². The molecule has 2 nitrogen and oxygen atoms in total. The van der Waals surface area contributed by atoms with Gasteiger partial charge in [0.15, 0.2) is 0 Å². The number of hydrogen-bond acceptors (Lipinski definition) is 2. The van der Waals surface area contributed by atoms with E-state index < -0.39 is 0 Å². The van der Waals surface area contributed by atoms with E-state index in [2.05, 4.69) is 55.8 Å². The van der Waals surface area contributed by atoms with E-state index in [1.54, 1.807) is 0 Å². The Kier molecular flexibility index (Phi) is 2.68. The maximum atomic E-state index is 4.53. The summed E-state index contributed by atoms with van der Waals surface area (Å²) < 4.78 is 0. The molecule has 2 aliphatic rings. The van der Waals surface area contributed by atoms with Gasteiger partial charge in [0.05, 0.1) is 12.1 Å². The molecular weight excluding hydrogens is 184 g/mol. The first-order valence-corrected chi connectivity index (χ1v) is 5.81. The molecule has 0 aliphatic carbocycles. The molecule has 2 rings (SSSR count). The molecule has 0 saturated carbocycles. The number of aliphatic imine (C=N–C) groups is 1. The fraction of sp³-hybridized carbons (Fsp3) is 0.615. The molecule has 0 bridgehead atoms. The smallest absolute Gasteiger partial charge is 0.0938 e. The van der Waals surface area contributed by atoms with Gasteiger partial charge in [0, 0.05) is 18.0 Å². The van der Waals surface area contributed by atoms with Gasteiger partial charge in [0.2, 0.25) is 0 Å². The van der Waals surface area contributed by atoms with Gasteiger partial charge in [-0.1, -0.05) is 19.9 Å². The zero-order chi connectivity index (χ0) is 11.0. The molecule has 2 heterocycles. The van der Waals surface area contributed by atoms with Crippen LogP contribution in [0.5, 0.6) is 0 Å². The maximum absolute atomic E-state index is 4.53. The number of dihydropyridines is 1. The molecule has 0 spiro atoms. The number of fused-ring (bicyclic) bond motifs is 1. The third kappa shape index (κ3) is 1.73. The van der Waals surface area contributed by atoms with Crippen LogP contribution < -0.4 is 0 Å². The van der Waals surface area contributed by atoms with Crippen molar-refractivity contribution >= 4 is 6.21 Å². The standard InChI is InChI=1S/C13H20N2/c1-9(2)13-8-11-12(6-5-7-14-11)15(13)10(3)4/h5-12H,1-4H3. The van der Waals surface area contributed by atoms with E-state index in [1.165, 1.54) is 5.70 Å². The Morgan fingerprint density at radius 3 is 2.60 bits per heavy atom. The molecule has 0 radical (unpaired) electrons. The van der Waals surface area contributed by atoms with Crippen molar-refractivity contribution in [3.05, 3.63) is 23.9 Å². The van der Waals surface area contributed by atoms with Crippen molar-refractivity contribution in [1.29, 1.82) is 0 Å². The highest BCUT2D eigenvalue weighted by Gasteiger charge is 2.35. The minimum atomic E-state index is 0.342. The first kappa shape index (κ1) is 10.5. The molecule has 2 aliphatic heterocycles. The van der Waals surface area contributed by atoms with Crippen LogP contribution >= 0.6 is 0 Å². The minimum absolute atomic E-state index is 0.342. The predicted molar refractivity (Wildman–Crippen MR) is 65.1 cm³/mol. The van der Waals surface area contributed by atoms with Gasteiger partial charge in [-0.15, -0.1) is 0 Å². The summed E-state index contributed by atoms with van der Waals surface area (Å²) in [6.45, 7) is 9.02. The third-order valence-electron chi connectivity index (χ3n) is 3.11. The lowest BCUT2D eigenvalue weighted by Crippen LogP contribution is -2.40. The molecular formula is C13H20N2. The largest absolute Gasteiger partial charge is 0.363 e. The van der Waals surface area contributed by atoms with Crippen LogP contribution in [0.4, 0.5) is 0 Å². The highest BCUT2D eigenvalue weighted by Crippen LogP contribution is 2.33. The summed E-state index contributed by atoms with van der Waals surface area (Å²) >= 11 is 0. The Balaban J connectivity index is 2.31. The van der Waals surface area contributed by atoms with Crippen LogP contribution in [-0.2, 0) is 0 Å². The molecule has 0 N–H and O–H groups in total. The van der Waals surface area contributed by atoms with Crippen molar-refractivity contribution in [2.24, 2.45) is 10.9 Å². The molecule has 0 fully saturated rings. The second kappa shape index (κ2) is 3.84. The molecule has 0 saturated heterocycles.